The van der Waals surface area contributed by atoms with E-state index in [0.717, 1.165) is 53.6 Å². The molecule has 29 heavy (non-hydrogen) atoms. The molecule has 0 aliphatic heterocycles. The third-order valence-electron chi connectivity index (χ3n) is 4.79. The molecule has 0 bridgehead atoms. The summed E-state index contributed by atoms with van der Waals surface area (Å²) < 4.78 is 26.5. The number of thioether (sulfide) groups is 1. The average molecular weight is 436 g/mol. The average Bonchev–Trinajstić information content (AvgIpc) is 3.06. The van der Waals surface area contributed by atoms with Crippen LogP contribution < -0.4 is 10.9 Å². The van der Waals surface area contributed by atoms with Crippen molar-refractivity contribution in [1.82, 2.24) is 9.97 Å². The summed E-state index contributed by atoms with van der Waals surface area (Å²) in [6.45, 7) is 0. The lowest BCUT2D eigenvalue weighted by atomic mass is 9.97. The summed E-state index contributed by atoms with van der Waals surface area (Å²) in [7, 11) is 0. The van der Waals surface area contributed by atoms with Crippen molar-refractivity contribution < 1.29 is 13.6 Å². The number of aromatic nitrogens is 2. The number of H-pyrrole nitrogens is 1. The second-order valence-corrected chi connectivity index (χ2v) is 9.07. The van der Waals surface area contributed by atoms with Crippen LogP contribution in [0.2, 0.25) is 0 Å². The number of fused-ring (bicyclic) bond motifs is 3. The Balaban J connectivity index is 1.33. The molecule has 5 nitrogen and oxygen atoms in total. The van der Waals surface area contributed by atoms with Gasteiger partial charge in [0.15, 0.2) is 0 Å². The smallest absolute Gasteiger partial charge is 0.259 e. The van der Waals surface area contributed by atoms with Gasteiger partial charge in [0, 0.05) is 23.1 Å². The molecule has 1 aliphatic carbocycles. The zero-order valence-electron chi connectivity index (χ0n) is 15.5. The number of rotatable bonds is 6. The third-order valence-corrected chi connectivity index (χ3v) is 6.95. The molecule has 4 rings (SSSR count). The largest absolute Gasteiger partial charge is 0.324 e. The summed E-state index contributed by atoms with van der Waals surface area (Å²) in [4.78, 5) is 34.0. The zero-order chi connectivity index (χ0) is 20.4. The highest BCUT2D eigenvalue weighted by atomic mass is 32.2. The van der Waals surface area contributed by atoms with Crippen LogP contribution in [0, 0.1) is 11.6 Å². The lowest BCUT2D eigenvalue weighted by molar-refractivity contribution is -0.115. The van der Waals surface area contributed by atoms with E-state index in [0.29, 0.717) is 17.3 Å². The molecule has 0 unspecified atom stereocenters. The second-order valence-electron chi connectivity index (χ2n) is 6.88. The van der Waals surface area contributed by atoms with Crippen molar-refractivity contribution in [2.75, 3.05) is 11.1 Å². The minimum absolute atomic E-state index is 0.0421. The van der Waals surface area contributed by atoms with Crippen molar-refractivity contribution in [3.05, 3.63) is 56.5 Å². The van der Waals surface area contributed by atoms with E-state index in [1.54, 1.807) is 11.3 Å². The van der Waals surface area contributed by atoms with E-state index in [4.69, 9.17) is 0 Å². The van der Waals surface area contributed by atoms with Gasteiger partial charge in [-0.2, -0.15) is 11.8 Å². The number of halogens is 2. The van der Waals surface area contributed by atoms with Gasteiger partial charge >= 0.3 is 0 Å². The summed E-state index contributed by atoms with van der Waals surface area (Å²) >= 11 is 3.07. The number of carbonyl (C=O) groups is 1. The number of hydrogen-bond acceptors (Lipinski definition) is 5. The quantitative estimate of drug-likeness (QED) is 0.563. The summed E-state index contributed by atoms with van der Waals surface area (Å²) in [5.74, 6) is -0.300. The Morgan fingerprint density at radius 3 is 2.93 bits per heavy atom. The molecule has 2 aromatic heterocycles. The molecule has 1 amide bonds. The fourth-order valence-corrected chi connectivity index (χ4v) is 5.50. The summed E-state index contributed by atoms with van der Waals surface area (Å²) in [5, 5.41) is 3.17. The van der Waals surface area contributed by atoms with E-state index >= 15 is 0 Å². The number of anilines is 1. The number of hydrogen-bond donors (Lipinski definition) is 2. The van der Waals surface area contributed by atoms with Crippen LogP contribution in [-0.2, 0) is 23.4 Å². The molecular formula is C20H19F2N3O2S2. The van der Waals surface area contributed by atoms with Gasteiger partial charge in [0.25, 0.3) is 5.56 Å². The van der Waals surface area contributed by atoms with Crippen molar-refractivity contribution in [3.63, 3.8) is 0 Å². The van der Waals surface area contributed by atoms with Gasteiger partial charge in [-0.1, -0.05) is 0 Å². The Labute approximate surface area is 173 Å². The topological polar surface area (TPSA) is 74.8 Å². The molecule has 152 valence electrons. The van der Waals surface area contributed by atoms with Crippen molar-refractivity contribution in [2.24, 2.45) is 0 Å². The number of thiophene rings is 1. The molecule has 0 fully saturated rings. The highest BCUT2D eigenvalue weighted by Crippen LogP contribution is 2.33. The van der Waals surface area contributed by atoms with Gasteiger partial charge in [0.2, 0.25) is 5.91 Å². The van der Waals surface area contributed by atoms with Crippen LogP contribution in [0.1, 0.15) is 35.5 Å². The van der Waals surface area contributed by atoms with Gasteiger partial charge in [-0.05, 0) is 43.4 Å². The molecule has 9 heteroatoms. The van der Waals surface area contributed by atoms with Gasteiger partial charge in [-0.3, -0.25) is 9.59 Å². The first-order valence-corrected chi connectivity index (χ1v) is 11.3. The van der Waals surface area contributed by atoms with Crippen LogP contribution in [0.5, 0.6) is 0 Å². The monoisotopic (exact) mass is 435 g/mol. The maximum absolute atomic E-state index is 13.6. The highest BCUT2D eigenvalue weighted by molar-refractivity contribution is 7.98. The van der Waals surface area contributed by atoms with Crippen LogP contribution >= 0.6 is 23.1 Å². The molecule has 0 atom stereocenters. The van der Waals surface area contributed by atoms with Crippen LogP contribution in [0.3, 0.4) is 0 Å². The van der Waals surface area contributed by atoms with E-state index in [9.17, 15) is 18.4 Å². The summed E-state index contributed by atoms with van der Waals surface area (Å²) in [6.07, 6.45) is 4.40. The number of nitrogens with one attached hydrogen (secondary N) is 2. The number of aromatic amines is 1. The first-order chi connectivity index (χ1) is 14.0. The fraction of sp³-hybridized carbons (Fsp3) is 0.350. The molecule has 2 N–H and O–H groups in total. The van der Waals surface area contributed by atoms with E-state index in [1.807, 2.05) is 0 Å². The second kappa shape index (κ2) is 8.62. The third kappa shape index (κ3) is 4.51. The molecular weight excluding hydrogens is 416 g/mol. The van der Waals surface area contributed by atoms with Crippen molar-refractivity contribution in [2.45, 2.75) is 37.9 Å². The minimum Gasteiger partial charge on any atom is -0.324 e. The minimum atomic E-state index is -0.806. The van der Waals surface area contributed by atoms with Crippen LogP contribution in [0.25, 0.3) is 10.2 Å². The number of nitrogens with zero attached hydrogens (tertiary/aromatic N) is 1. The SMILES string of the molecule is O=C(CCSCc1nc2sc3c(c2c(=O)[nH]1)CCCC3)Nc1ccc(F)cc1F. The normalized spacial score (nSPS) is 13.4. The van der Waals surface area contributed by atoms with Gasteiger partial charge in [-0.15, -0.1) is 11.3 Å². The van der Waals surface area contributed by atoms with E-state index in [-0.39, 0.29) is 23.6 Å². The van der Waals surface area contributed by atoms with Crippen molar-refractivity contribution in [1.29, 1.82) is 0 Å². The Morgan fingerprint density at radius 1 is 1.28 bits per heavy atom. The van der Waals surface area contributed by atoms with Gasteiger partial charge in [0.05, 0.1) is 16.8 Å². The maximum Gasteiger partial charge on any atom is 0.259 e. The predicted molar refractivity (Wildman–Crippen MR) is 113 cm³/mol. The molecule has 2 heterocycles. The van der Waals surface area contributed by atoms with Crippen molar-refractivity contribution in [3.8, 4) is 0 Å². The predicted octanol–water partition coefficient (Wildman–Crippen LogP) is 4.40. The summed E-state index contributed by atoms with van der Waals surface area (Å²) in [5.41, 5.74) is 1.03. The van der Waals surface area contributed by atoms with Crippen LogP contribution in [0.4, 0.5) is 14.5 Å². The Morgan fingerprint density at radius 2 is 2.10 bits per heavy atom. The van der Waals surface area contributed by atoms with Crippen molar-refractivity contribution >= 4 is 44.9 Å². The fourth-order valence-electron chi connectivity index (χ4n) is 3.41. The van der Waals surface area contributed by atoms with E-state index < -0.39 is 11.6 Å². The number of amides is 1. The number of benzene rings is 1. The molecule has 1 aromatic carbocycles. The lowest BCUT2D eigenvalue weighted by Crippen LogP contribution is -2.14. The standard InChI is InChI=1S/C20H19F2N3O2S2/c21-11-5-6-14(13(22)9-11)23-17(26)7-8-28-10-16-24-19(27)18-12-3-1-2-4-15(12)29-20(18)25-16/h5-6,9H,1-4,7-8,10H2,(H,23,26)(H,24,25,27). The lowest BCUT2D eigenvalue weighted by Gasteiger charge is -2.09. The molecule has 0 spiro atoms. The molecule has 1 aliphatic rings. The Bertz CT molecular complexity index is 1130. The number of carbonyl (C=O) groups excluding carboxylic acids is 1. The van der Waals surface area contributed by atoms with Crippen LogP contribution in [0.15, 0.2) is 23.0 Å². The van der Waals surface area contributed by atoms with E-state index in [1.165, 1.54) is 22.7 Å². The summed E-state index contributed by atoms with van der Waals surface area (Å²) in [6, 6.07) is 3.01. The zero-order valence-corrected chi connectivity index (χ0v) is 17.2. The number of aryl methyl sites for hydroxylation is 2. The van der Waals surface area contributed by atoms with Crippen LogP contribution in [-0.4, -0.2) is 21.6 Å². The molecule has 0 saturated carbocycles. The van der Waals surface area contributed by atoms with Gasteiger partial charge < -0.3 is 10.3 Å². The Kier molecular flexibility index (Phi) is 5.96. The first-order valence-electron chi connectivity index (χ1n) is 9.37. The Hall–Kier alpha value is -2.26. The maximum atomic E-state index is 13.6. The van der Waals surface area contributed by atoms with Gasteiger partial charge in [0.1, 0.15) is 22.3 Å². The first kappa shape index (κ1) is 20.0. The molecule has 0 radical (unpaired) electrons. The highest BCUT2D eigenvalue weighted by Gasteiger charge is 2.19. The molecule has 0 saturated heterocycles. The molecule has 3 aromatic rings. The van der Waals surface area contributed by atoms with E-state index in [2.05, 4.69) is 15.3 Å². The van der Waals surface area contributed by atoms with Gasteiger partial charge in [-0.25, -0.2) is 13.8 Å².